The molecule has 0 radical (unpaired) electrons. The Bertz CT molecular complexity index is 1380. The number of amides is 2. The van der Waals surface area contributed by atoms with Crippen molar-refractivity contribution < 1.29 is 22.7 Å². The molecule has 0 saturated carbocycles. The number of carbonyl (C=O) groups is 2. The molecule has 3 aromatic carbocycles. The molecule has 0 spiro atoms. The SMILES string of the molecule is CCOc1ccccc1N(CC(=O)N(Cc1ccccc1)[C@@H](C)C(=O)NC(C)C)S(=O)(=O)c1ccc(SC)cc1. The lowest BCUT2D eigenvalue weighted by atomic mass is 10.1. The van der Waals surface area contributed by atoms with Crippen LogP contribution in [0.5, 0.6) is 5.75 Å². The predicted octanol–water partition coefficient (Wildman–Crippen LogP) is 4.94. The van der Waals surface area contributed by atoms with Gasteiger partial charge in [0.15, 0.2) is 0 Å². The molecule has 0 aliphatic carbocycles. The van der Waals surface area contributed by atoms with Gasteiger partial charge >= 0.3 is 0 Å². The van der Waals surface area contributed by atoms with E-state index in [-0.39, 0.29) is 29.1 Å². The number of thioether (sulfide) groups is 1. The predicted molar refractivity (Wildman–Crippen MR) is 160 cm³/mol. The zero-order valence-electron chi connectivity index (χ0n) is 23.5. The van der Waals surface area contributed by atoms with Crippen LogP contribution in [-0.2, 0) is 26.2 Å². The standard InChI is InChI=1S/C30H37N3O5S2/c1-6-38-28-15-11-10-14-27(28)33(40(36,37)26-18-16-25(39-5)17-19-26)21-29(34)32(20-24-12-8-7-9-13-24)23(4)30(35)31-22(2)3/h7-19,22-23H,6,20-21H2,1-5H3,(H,31,35)/t23-/m0/s1. The summed E-state index contributed by atoms with van der Waals surface area (Å²) in [5, 5.41) is 2.85. The fourth-order valence-corrected chi connectivity index (χ4v) is 5.93. The third-order valence-electron chi connectivity index (χ3n) is 6.15. The largest absolute Gasteiger partial charge is 0.492 e. The van der Waals surface area contributed by atoms with Crippen molar-refractivity contribution in [2.45, 2.75) is 56.1 Å². The van der Waals surface area contributed by atoms with E-state index in [0.717, 1.165) is 14.8 Å². The third kappa shape index (κ3) is 7.79. The Balaban J connectivity index is 2.07. The van der Waals surface area contributed by atoms with Crippen molar-refractivity contribution in [3.63, 3.8) is 0 Å². The van der Waals surface area contributed by atoms with Gasteiger partial charge in [-0.1, -0.05) is 42.5 Å². The average Bonchev–Trinajstić information content (AvgIpc) is 2.95. The molecule has 2 amide bonds. The maximum Gasteiger partial charge on any atom is 0.264 e. The van der Waals surface area contributed by atoms with Crippen LogP contribution in [0.2, 0.25) is 0 Å². The van der Waals surface area contributed by atoms with Gasteiger partial charge in [0.05, 0.1) is 17.2 Å². The Morgan fingerprint density at radius 2 is 1.55 bits per heavy atom. The molecule has 40 heavy (non-hydrogen) atoms. The lowest BCUT2D eigenvalue weighted by Crippen LogP contribution is -2.52. The van der Waals surface area contributed by atoms with Crippen LogP contribution >= 0.6 is 11.8 Å². The molecule has 3 rings (SSSR count). The Hall–Kier alpha value is -3.50. The van der Waals surface area contributed by atoms with Crippen molar-refractivity contribution in [3.8, 4) is 5.75 Å². The fourth-order valence-electron chi connectivity index (χ4n) is 4.10. The fraction of sp³-hybridized carbons (Fsp3) is 0.333. The van der Waals surface area contributed by atoms with Crippen molar-refractivity contribution in [3.05, 3.63) is 84.4 Å². The van der Waals surface area contributed by atoms with Gasteiger partial charge in [0.2, 0.25) is 11.8 Å². The maximum absolute atomic E-state index is 14.1. The lowest BCUT2D eigenvalue weighted by molar-refractivity contribution is -0.139. The molecule has 0 aliphatic heterocycles. The van der Waals surface area contributed by atoms with Crippen molar-refractivity contribution in [2.24, 2.45) is 0 Å². The summed E-state index contributed by atoms with van der Waals surface area (Å²) in [6, 6.07) is 21.6. The molecular formula is C30H37N3O5S2. The Morgan fingerprint density at radius 1 is 0.925 bits per heavy atom. The molecule has 10 heteroatoms. The van der Waals surface area contributed by atoms with Crippen LogP contribution in [0, 0.1) is 0 Å². The number of nitrogens with one attached hydrogen (secondary N) is 1. The zero-order valence-corrected chi connectivity index (χ0v) is 25.2. The van der Waals surface area contributed by atoms with Crippen molar-refractivity contribution in [2.75, 3.05) is 23.7 Å². The highest BCUT2D eigenvalue weighted by molar-refractivity contribution is 7.98. The quantitative estimate of drug-likeness (QED) is 0.286. The summed E-state index contributed by atoms with van der Waals surface area (Å²) in [4.78, 5) is 29.4. The first-order valence-corrected chi connectivity index (χ1v) is 15.8. The summed E-state index contributed by atoms with van der Waals surface area (Å²) in [6.07, 6.45) is 1.91. The minimum absolute atomic E-state index is 0.0459. The molecule has 0 aromatic heterocycles. The van der Waals surface area contributed by atoms with Crippen LogP contribution < -0.4 is 14.4 Å². The summed E-state index contributed by atoms with van der Waals surface area (Å²) in [5.74, 6) is -0.510. The molecule has 0 unspecified atom stereocenters. The Kier molecular flexibility index (Phi) is 11.0. The van der Waals surface area contributed by atoms with E-state index in [1.54, 1.807) is 50.2 Å². The molecule has 0 aliphatic rings. The maximum atomic E-state index is 14.1. The second-order valence-corrected chi connectivity index (χ2v) is 12.2. The number of benzene rings is 3. The van der Waals surface area contributed by atoms with Gasteiger partial charge in [-0.25, -0.2) is 8.42 Å². The van der Waals surface area contributed by atoms with Crippen LogP contribution in [0.3, 0.4) is 0 Å². The number of hydrogen-bond donors (Lipinski definition) is 1. The molecule has 0 fully saturated rings. The van der Waals surface area contributed by atoms with Crippen LogP contribution in [0.1, 0.15) is 33.3 Å². The van der Waals surface area contributed by atoms with E-state index in [1.807, 2.05) is 50.4 Å². The normalized spacial score (nSPS) is 12.1. The van der Waals surface area contributed by atoms with Gasteiger partial charge in [0.1, 0.15) is 18.3 Å². The molecule has 1 atom stereocenters. The van der Waals surface area contributed by atoms with E-state index >= 15 is 0 Å². The highest BCUT2D eigenvalue weighted by Crippen LogP contribution is 2.33. The first kappa shape index (κ1) is 31.0. The van der Waals surface area contributed by atoms with Crippen molar-refractivity contribution in [1.29, 1.82) is 0 Å². The summed E-state index contributed by atoms with van der Waals surface area (Å²) >= 11 is 1.50. The molecule has 1 N–H and O–H groups in total. The van der Waals surface area contributed by atoms with Crippen LogP contribution in [-0.4, -0.2) is 56.6 Å². The minimum atomic E-state index is -4.19. The highest BCUT2D eigenvalue weighted by atomic mass is 32.2. The lowest BCUT2D eigenvalue weighted by Gasteiger charge is -2.32. The molecule has 3 aromatic rings. The van der Waals surface area contributed by atoms with Crippen LogP contribution in [0.4, 0.5) is 5.69 Å². The highest BCUT2D eigenvalue weighted by Gasteiger charge is 2.34. The van der Waals surface area contributed by atoms with E-state index in [9.17, 15) is 18.0 Å². The van der Waals surface area contributed by atoms with Gasteiger partial charge in [-0.2, -0.15) is 0 Å². The van der Waals surface area contributed by atoms with Gasteiger partial charge in [-0.05, 0) is 75.9 Å². The van der Waals surface area contributed by atoms with E-state index in [0.29, 0.717) is 12.4 Å². The van der Waals surface area contributed by atoms with Crippen molar-refractivity contribution >= 4 is 39.3 Å². The molecular weight excluding hydrogens is 546 g/mol. The van der Waals surface area contributed by atoms with E-state index in [2.05, 4.69) is 5.32 Å². The van der Waals surface area contributed by atoms with E-state index in [4.69, 9.17) is 4.74 Å². The monoisotopic (exact) mass is 583 g/mol. The number of hydrogen-bond acceptors (Lipinski definition) is 6. The van der Waals surface area contributed by atoms with Crippen molar-refractivity contribution in [1.82, 2.24) is 10.2 Å². The van der Waals surface area contributed by atoms with Crippen LogP contribution in [0.25, 0.3) is 0 Å². The smallest absolute Gasteiger partial charge is 0.264 e. The molecule has 0 heterocycles. The number of carbonyl (C=O) groups excluding carboxylic acids is 2. The average molecular weight is 584 g/mol. The Labute approximate surface area is 241 Å². The van der Waals surface area contributed by atoms with E-state index < -0.39 is 28.5 Å². The number of para-hydroxylation sites is 2. The third-order valence-corrected chi connectivity index (χ3v) is 8.67. The summed E-state index contributed by atoms with van der Waals surface area (Å²) in [5.41, 5.74) is 1.06. The van der Waals surface area contributed by atoms with Crippen LogP contribution in [0.15, 0.2) is 88.7 Å². The zero-order chi connectivity index (χ0) is 29.3. The topological polar surface area (TPSA) is 96.0 Å². The number of sulfonamides is 1. The summed E-state index contributed by atoms with van der Waals surface area (Å²) in [6.45, 7) is 7.06. The number of nitrogens with zero attached hydrogens (tertiary/aromatic N) is 2. The van der Waals surface area contributed by atoms with Gasteiger partial charge < -0.3 is 15.0 Å². The molecule has 0 bridgehead atoms. The Morgan fingerprint density at radius 3 is 2.15 bits per heavy atom. The van der Waals surface area contributed by atoms with Gasteiger partial charge in [0, 0.05) is 17.5 Å². The van der Waals surface area contributed by atoms with E-state index in [1.165, 1.54) is 28.8 Å². The first-order chi connectivity index (χ1) is 19.1. The number of anilines is 1. The summed E-state index contributed by atoms with van der Waals surface area (Å²) < 4.78 is 35.0. The molecule has 8 nitrogen and oxygen atoms in total. The first-order valence-electron chi connectivity index (χ1n) is 13.1. The number of ether oxygens (including phenoxy) is 1. The minimum Gasteiger partial charge on any atom is -0.492 e. The summed E-state index contributed by atoms with van der Waals surface area (Å²) in [7, 11) is -4.19. The second kappa shape index (κ2) is 14.2. The van der Waals surface area contributed by atoms with Gasteiger partial charge in [-0.15, -0.1) is 11.8 Å². The number of rotatable bonds is 13. The molecule has 214 valence electrons. The second-order valence-electron chi connectivity index (χ2n) is 9.43. The van der Waals surface area contributed by atoms with Gasteiger partial charge in [0.25, 0.3) is 10.0 Å². The van der Waals surface area contributed by atoms with Gasteiger partial charge in [-0.3, -0.25) is 13.9 Å². The molecule has 0 saturated heterocycles.